The molecule has 0 bridgehead atoms. The topological polar surface area (TPSA) is 21.3 Å². The normalized spacial score (nSPS) is 12.1. The minimum Gasteiger partial charge on any atom is -0.497 e. The van der Waals surface area contributed by atoms with Crippen LogP contribution in [0.15, 0.2) is 66.7 Å². The lowest BCUT2D eigenvalue weighted by molar-refractivity contribution is 0.415. The first kappa shape index (κ1) is 13.5. The van der Waals surface area contributed by atoms with E-state index in [-0.39, 0.29) is 6.04 Å². The Morgan fingerprint density at radius 1 is 0.857 bits per heavy atom. The highest BCUT2D eigenvalue weighted by atomic mass is 16.5. The molecule has 1 atom stereocenters. The van der Waals surface area contributed by atoms with Gasteiger partial charge in [-0.3, -0.25) is 0 Å². The number of hydrogen-bond donors (Lipinski definition) is 1. The Morgan fingerprint density at radius 3 is 2.29 bits per heavy atom. The fraction of sp³-hybridized carbons (Fsp3) is 0.158. The number of hydrogen-bond acceptors (Lipinski definition) is 2. The Labute approximate surface area is 125 Å². The Balaban J connectivity index is 1.80. The molecule has 106 valence electrons. The van der Waals surface area contributed by atoms with Crippen LogP contribution in [-0.2, 0) is 0 Å². The maximum Gasteiger partial charge on any atom is 0.119 e. The van der Waals surface area contributed by atoms with Crippen molar-refractivity contribution in [1.29, 1.82) is 0 Å². The van der Waals surface area contributed by atoms with Gasteiger partial charge >= 0.3 is 0 Å². The standard InChI is InChI=1S/C19H19NO/c1-14(20-18-9-11-19(21-2)12-10-18)16-8-7-15-5-3-4-6-17(15)13-16/h3-14,20H,1-2H3/t14-/m0/s1. The molecule has 0 radical (unpaired) electrons. The number of benzene rings is 3. The molecule has 0 aliphatic carbocycles. The van der Waals surface area contributed by atoms with Crippen LogP contribution in [0.3, 0.4) is 0 Å². The molecule has 0 amide bonds. The number of anilines is 1. The number of methoxy groups -OCH3 is 1. The Bertz CT molecular complexity index is 734. The molecule has 1 N–H and O–H groups in total. The third kappa shape index (κ3) is 3.00. The van der Waals surface area contributed by atoms with Gasteiger partial charge in [0, 0.05) is 11.7 Å². The van der Waals surface area contributed by atoms with E-state index in [1.54, 1.807) is 7.11 Å². The predicted molar refractivity (Wildman–Crippen MR) is 89.0 cm³/mol. The zero-order chi connectivity index (χ0) is 14.7. The van der Waals surface area contributed by atoms with E-state index >= 15 is 0 Å². The number of rotatable bonds is 4. The van der Waals surface area contributed by atoms with Crippen LogP contribution in [0.25, 0.3) is 10.8 Å². The molecule has 0 saturated heterocycles. The lowest BCUT2D eigenvalue weighted by Gasteiger charge is -2.16. The van der Waals surface area contributed by atoms with Crippen molar-refractivity contribution >= 4 is 16.5 Å². The minimum atomic E-state index is 0.253. The third-order valence-corrected chi connectivity index (χ3v) is 3.75. The highest BCUT2D eigenvalue weighted by Gasteiger charge is 2.06. The van der Waals surface area contributed by atoms with Crippen LogP contribution in [0.5, 0.6) is 5.75 Å². The van der Waals surface area contributed by atoms with Crippen LogP contribution in [0.1, 0.15) is 18.5 Å². The van der Waals surface area contributed by atoms with E-state index < -0.39 is 0 Å². The quantitative estimate of drug-likeness (QED) is 0.723. The lowest BCUT2D eigenvalue weighted by atomic mass is 10.0. The molecule has 21 heavy (non-hydrogen) atoms. The molecular weight excluding hydrogens is 258 g/mol. The molecule has 3 aromatic rings. The third-order valence-electron chi connectivity index (χ3n) is 3.75. The van der Waals surface area contributed by atoms with Crippen molar-refractivity contribution in [2.75, 3.05) is 12.4 Å². The summed E-state index contributed by atoms with van der Waals surface area (Å²) in [6.45, 7) is 2.17. The SMILES string of the molecule is COc1ccc(N[C@@H](C)c2ccc3ccccc3c2)cc1. The van der Waals surface area contributed by atoms with Gasteiger partial charge in [-0.25, -0.2) is 0 Å². The smallest absolute Gasteiger partial charge is 0.119 e. The Morgan fingerprint density at radius 2 is 1.57 bits per heavy atom. The van der Waals surface area contributed by atoms with Gasteiger partial charge in [0.25, 0.3) is 0 Å². The van der Waals surface area contributed by atoms with Crippen molar-refractivity contribution in [3.8, 4) is 5.75 Å². The molecule has 0 fully saturated rings. The first-order valence-electron chi connectivity index (χ1n) is 7.15. The van der Waals surface area contributed by atoms with E-state index in [0.29, 0.717) is 0 Å². The van der Waals surface area contributed by atoms with Crippen molar-refractivity contribution in [3.63, 3.8) is 0 Å². The first-order valence-corrected chi connectivity index (χ1v) is 7.15. The number of ether oxygens (including phenoxy) is 1. The van der Waals surface area contributed by atoms with E-state index in [9.17, 15) is 0 Å². The molecule has 3 aromatic carbocycles. The second kappa shape index (κ2) is 5.88. The largest absolute Gasteiger partial charge is 0.497 e. The van der Waals surface area contributed by atoms with E-state index in [1.807, 2.05) is 24.3 Å². The van der Waals surface area contributed by atoms with Gasteiger partial charge < -0.3 is 10.1 Å². The van der Waals surface area contributed by atoms with Crippen LogP contribution >= 0.6 is 0 Å². The van der Waals surface area contributed by atoms with Crippen LogP contribution in [0.2, 0.25) is 0 Å². The van der Waals surface area contributed by atoms with Crippen molar-refractivity contribution < 1.29 is 4.74 Å². The van der Waals surface area contributed by atoms with E-state index in [4.69, 9.17) is 4.74 Å². The second-order valence-electron chi connectivity index (χ2n) is 5.20. The van der Waals surface area contributed by atoms with Gasteiger partial charge in [-0.2, -0.15) is 0 Å². The minimum absolute atomic E-state index is 0.253. The van der Waals surface area contributed by atoms with Crippen molar-refractivity contribution in [2.24, 2.45) is 0 Å². The molecule has 0 aliphatic heterocycles. The van der Waals surface area contributed by atoms with Crippen molar-refractivity contribution in [3.05, 3.63) is 72.3 Å². The molecule has 0 heterocycles. The summed E-state index contributed by atoms with van der Waals surface area (Å²) in [7, 11) is 1.68. The molecule has 2 nitrogen and oxygen atoms in total. The molecule has 0 aromatic heterocycles. The highest BCUT2D eigenvalue weighted by Crippen LogP contribution is 2.24. The Hall–Kier alpha value is -2.48. The summed E-state index contributed by atoms with van der Waals surface area (Å²) in [6, 6.07) is 23.3. The summed E-state index contributed by atoms with van der Waals surface area (Å²) < 4.78 is 5.18. The average molecular weight is 277 g/mol. The van der Waals surface area contributed by atoms with Gasteiger partial charge in [0.05, 0.1) is 7.11 Å². The van der Waals surface area contributed by atoms with Crippen LogP contribution in [0.4, 0.5) is 5.69 Å². The van der Waals surface area contributed by atoms with Gasteiger partial charge in [0.15, 0.2) is 0 Å². The highest BCUT2D eigenvalue weighted by molar-refractivity contribution is 5.83. The van der Waals surface area contributed by atoms with Crippen LogP contribution < -0.4 is 10.1 Å². The van der Waals surface area contributed by atoms with Gasteiger partial charge in [-0.05, 0) is 53.6 Å². The number of nitrogens with one attached hydrogen (secondary N) is 1. The zero-order valence-corrected chi connectivity index (χ0v) is 12.3. The number of fused-ring (bicyclic) bond motifs is 1. The van der Waals surface area contributed by atoms with E-state index in [2.05, 4.69) is 54.7 Å². The van der Waals surface area contributed by atoms with Crippen LogP contribution in [0, 0.1) is 0 Å². The summed E-state index contributed by atoms with van der Waals surface area (Å²) in [4.78, 5) is 0. The summed E-state index contributed by atoms with van der Waals surface area (Å²) in [6.07, 6.45) is 0. The fourth-order valence-corrected chi connectivity index (χ4v) is 2.50. The van der Waals surface area contributed by atoms with Gasteiger partial charge in [-0.1, -0.05) is 36.4 Å². The monoisotopic (exact) mass is 277 g/mol. The summed E-state index contributed by atoms with van der Waals surface area (Å²) >= 11 is 0. The average Bonchev–Trinajstić information content (AvgIpc) is 2.55. The van der Waals surface area contributed by atoms with Gasteiger partial charge in [0.1, 0.15) is 5.75 Å². The molecule has 0 unspecified atom stereocenters. The maximum absolute atomic E-state index is 5.18. The molecule has 2 heteroatoms. The van der Waals surface area contributed by atoms with Crippen LogP contribution in [-0.4, -0.2) is 7.11 Å². The summed E-state index contributed by atoms with van der Waals surface area (Å²) in [5.74, 6) is 0.874. The van der Waals surface area contributed by atoms with Crippen molar-refractivity contribution in [1.82, 2.24) is 0 Å². The molecule has 0 spiro atoms. The Kier molecular flexibility index (Phi) is 3.78. The first-order chi connectivity index (χ1) is 10.3. The second-order valence-corrected chi connectivity index (χ2v) is 5.20. The molecule has 0 aliphatic rings. The van der Waals surface area contributed by atoms with Crippen molar-refractivity contribution in [2.45, 2.75) is 13.0 Å². The molecule has 0 saturated carbocycles. The van der Waals surface area contributed by atoms with Gasteiger partial charge in [0.2, 0.25) is 0 Å². The summed E-state index contributed by atoms with van der Waals surface area (Å²) in [5, 5.41) is 6.07. The lowest BCUT2D eigenvalue weighted by Crippen LogP contribution is -2.06. The van der Waals surface area contributed by atoms with Gasteiger partial charge in [-0.15, -0.1) is 0 Å². The van der Waals surface area contributed by atoms with E-state index in [0.717, 1.165) is 11.4 Å². The van der Waals surface area contributed by atoms with E-state index in [1.165, 1.54) is 16.3 Å². The molecule has 3 rings (SSSR count). The zero-order valence-electron chi connectivity index (χ0n) is 12.3. The molecular formula is C19H19NO. The fourth-order valence-electron chi connectivity index (χ4n) is 2.50. The summed E-state index contributed by atoms with van der Waals surface area (Å²) in [5.41, 5.74) is 2.38. The predicted octanol–water partition coefficient (Wildman–Crippen LogP) is 5.02. The maximum atomic E-state index is 5.18.